The van der Waals surface area contributed by atoms with Crippen molar-refractivity contribution in [2.45, 2.75) is 103 Å². The van der Waals surface area contributed by atoms with E-state index in [2.05, 4.69) is 13.8 Å². The highest BCUT2D eigenvalue weighted by atomic mass is 16.5. The van der Waals surface area contributed by atoms with Crippen molar-refractivity contribution >= 4 is 11.9 Å². The Hall–Kier alpha value is -1.06. The highest BCUT2D eigenvalue weighted by molar-refractivity contribution is 5.70. The third-order valence-corrected chi connectivity index (χ3v) is 5.64. The van der Waals surface area contributed by atoms with Crippen molar-refractivity contribution in [3.05, 3.63) is 0 Å². The Kier molecular flexibility index (Phi) is 8.07. The van der Waals surface area contributed by atoms with Gasteiger partial charge in [-0.3, -0.25) is 9.59 Å². The summed E-state index contributed by atoms with van der Waals surface area (Å²) in [5.41, 5.74) is 0. The minimum atomic E-state index is -0.108. The lowest BCUT2D eigenvalue weighted by Crippen LogP contribution is -2.28. The van der Waals surface area contributed by atoms with Crippen molar-refractivity contribution in [1.29, 1.82) is 0 Å². The van der Waals surface area contributed by atoms with Crippen LogP contribution in [0.15, 0.2) is 0 Å². The van der Waals surface area contributed by atoms with Crippen LogP contribution in [0.3, 0.4) is 0 Å². The van der Waals surface area contributed by atoms with Crippen molar-refractivity contribution in [1.82, 2.24) is 0 Å². The standard InChI is InChI=1S/C20H34O4/c1-15-9-3-5-11-17(15)23-19(21)13-7-8-14-20(22)24-18-12-6-4-10-16(18)2/h15-18H,3-14H2,1-2H3/t15-,16-,17-,18-/m1/s1. The molecular formula is C20H34O4. The molecule has 0 heterocycles. The van der Waals surface area contributed by atoms with Crippen molar-refractivity contribution < 1.29 is 19.1 Å². The maximum Gasteiger partial charge on any atom is 0.306 e. The Morgan fingerprint density at radius 3 is 1.46 bits per heavy atom. The molecule has 4 atom stereocenters. The summed E-state index contributed by atoms with van der Waals surface area (Å²) in [4.78, 5) is 23.8. The second-order valence-electron chi connectivity index (χ2n) is 7.79. The molecule has 0 spiro atoms. The van der Waals surface area contributed by atoms with Gasteiger partial charge in [0.2, 0.25) is 0 Å². The number of esters is 2. The quantitative estimate of drug-likeness (QED) is 0.495. The number of rotatable bonds is 7. The number of carbonyl (C=O) groups excluding carboxylic acids is 2. The van der Waals surface area contributed by atoms with Gasteiger partial charge < -0.3 is 9.47 Å². The summed E-state index contributed by atoms with van der Waals surface area (Å²) in [5.74, 6) is 0.747. The Bertz CT molecular complexity index is 368. The van der Waals surface area contributed by atoms with Crippen LogP contribution >= 0.6 is 0 Å². The van der Waals surface area contributed by atoms with Crippen molar-refractivity contribution in [3.8, 4) is 0 Å². The molecule has 2 rings (SSSR count). The molecule has 0 aromatic heterocycles. The number of hydrogen-bond acceptors (Lipinski definition) is 4. The van der Waals surface area contributed by atoms with Gasteiger partial charge in [0.1, 0.15) is 12.2 Å². The van der Waals surface area contributed by atoms with Crippen molar-refractivity contribution in [3.63, 3.8) is 0 Å². The van der Waals surface area contributed by atoms with Crippen molar-refractivity contribution in [2.24, 2.45) is 11.8 Å². The molecule has 0 bridgehead atoms. The molecule has 0 N–H and O–H groups in total. The van der Waals surface area contributed by atoms with Crippen LogP contribution in [0.4, 0.5) is 0 Å². The Balaban J connectivity index is 1.55. The van der Waals surface area contributed by atoms with E-state index in [4.69, 9.17) is 9.47 Å². The van der Waals surface area contributed by atoms with Gasteiger partial charge in [0.15, 0.2) is 0 Å². The molecule has 0 saturated heterocycles. The molecule has 0 aromatic rings. The van der Waals surface area contributed by atoms with Crippen LogP contribution in [0.25, 0.3) is 0 Å². The largest absolute Gasteiger partial charge is 0.462 e. The van der Waals surface area contributed by atoms with E-state index in [0.717, 1.165) is 38.5 Å². The zero-order chi connectivity index (χ0) is 17.4. The maximum absolute atomic E-state index is 11.9. The van der Waals surface area contributed by atoms with Gasteiger partial charge in [-0.1, -0.05) is 26.7 Å². The van der Waals surface area contributed by atoms with Gasteiger partial charge in [-0.2, -0.15) is 0 Å². The first kappa shape index (κ1) is 19.3. The fourth-order valence-corrected chi connectivity index (χ4v) is 3.91. The van der Waals surface area contributed by atoms with Crippen LogP contribution in [-0.4, -0.2) is 24.1 Å². The SMILES string of the molecule is C[C@@H]1CCCC[C@H]1OC(=O)CCCCC(=O)O[C@@H]1CCCC[C@H]1C. The third kappa shape index (κ3) is 6.45. The second-order valence-corrected chi connectivity index (χ2v) is 7.79. The van der Waals surface area contributed by atoms with E-state index in [1.807, 2.05) is 0 Å². The van der Waals surface area contributed by atoms with Gasteiger partial charge in [-0.15, -0.1) is 0 Å². The normalized spacial score (nSPS) is 30.6. The van der Waals surface area contributed by atoms with Gasteiger partial charge >= 0.3 is 11.9 Å². The molecule has 2 aliphatic rings. The summed E-state index contributed by atoms with van der Waals surface area (Å²) in [6.07, 6.45) is 11.6. The van der Waals surface area contributed by atoms with Crippen LogP contribution < -0.4 is 0 Å². The lowest BCUT2D eigenvalue weighted by atomic mass is 9.88. The van der Waals surface area contributed by atoms with E-state index >= 15 is 0 Å². The summed E-state index contributed by atoms with van der Waals surface area (Å²) < 4.78 is 11.2. The second kappa shape index (κ2) is 10.0. The van der Waals surface area contributed by atoms with Crippen LogP contribution in [0.2, 0.25) is 0 Å². The molecule has 0 amide bonds. The first-order valence-corrected chi connectivity index (χ1v) is 9.95. The molecule has 0 radical (unpaired) electrons. The van der Waals surface area contributed by atoms with E-state index in [0.29, 0.717) is 37.5 Å². The fraction of sp³-hybridized carbons (Fsp3) is 0.900. The average molecular weight is 338 g/mol. The molecule has 2 saturated carbocycles. The summed E-state index contributed by atoms with van der Waals surface area (Å²) >= 11 is 0. The molecule has 0 aromatic carbocycles. The summed E-state index contributed by atoms with van der Waals surface area (Å²) in [7, 11) is 0. The van der Waals surface area contributed by atoms with E-state index in [9.17, 15) is 9.59 Å². The lowest BCUT2D eigenvalue weighted by molar-refractivity contribution is -0.155. The van der Waals surface area contributed by atoms with Gasteiger partial charge in [-0.05, 0) is 63.2 Å². The molecule has 4 nitrogen and oxygen atoms in total. The van der Waals surface area contributed by atoms with Crippen LogP contribution in [0.5, 0.6) is 0 Å². The number of ether oxygens (including phenoxy) is 2. The molecule has 2 aliphatic carbocycles. The fourth-order valence-electron chi connectivity index (χ4n) is 3.91. The van der Waals surface area contributed by atoms with E-state index in [1.54, 1.807) is 0 Å². The topological polar surface area (TPSA) is 52.6 Å². The molecule has 24 heavy (non-hydrogen) atoms. The molecule has 0 unspecified atom stereocenters. The zero-order valence-corrected chi connectivity index (χ0v) is 15.4. The number of unbranched alkanes of at least 4 members (excludes halogenated alkanes) is 1. The van der Waals surface area contributed by atoms with Gasteiger partial charge in [0, 0.05) is 12.8 Å². The molecule has 2 fully saturated rings. The molecule has 4 heteroatoms. The highest BCUT2D eigenvalue weighted by Crippen LogP contribution is 2.27. The Morgan fingerprint density at radius 2 is 1.08 bits per heavy atom. The zero-order valence-electron chi connectivity index (χ0n) is 15.4. The Labute approximate surface area is 146 Å². The summed E-state index contributed by atoms with van der Waals surface area (Å²) in [6, 6.07) is 0. The first-order valence-electron chi connectivity index (χ1n) is 9.95. The minimum Gasteiger partial charge on any atom is -0.462 e. The highest BCUT2D eigenvalue weighted by Gasteiger charge is 2.25. The maximum atomic E-state index is 11.9. The molecular weight excluding hydrogens is 304 g/mol. The summed E-state index contributed by atoms with van der Waals surface area (Å²) in [6.45, 7) is 4.33. The average Bonchev–Trinajstić information content (AvgIpc) is 2.56. The number of carbonyl (C=O) groups is 2. The van der Waals surface area contributed by atoms with E-state index in [-0.39, 0.29) is 24.1 Å². The van der Waals surface area contributed by atoms with Gasteiger partial charge in [0.25, 0.3) is 0 Å². The van der Waals surface area contributed by atoms with Crippen LogP contribution in [-0.2, 0) is 19.1 Å². The first-order chi connectivity index (χ1) is 11.6. The monoisotopic (exact) mass is 338 g/mol. The van der Waals surface area contributed by atoms with E-state index in [1.165, 1.54) is 12.8 Å². The molecule has 0 aliphatic heterocycles. The van der Waals surface area contributed by atoms with Crippen LogP contribution in [0.1, 0.15) is 90.9 Å². The van der Waals surface area contributed by atoms with Gasteiger partial charge in [0.05, 0.1) is 0 Å². The van der Waals surface area contributed by atoms with Crippen LogP contribution in [0, 0.1) is 11.8 Å². The Morgan fingerprint density at radius 1 is 0.708 bits per heavy atom. The van der Waals surface area contributed by atoms with Crippen molar-refractivity contribution in [2.75, 3.05) is 0 Å². The summed E-state index contributed by atoms with van der Waals surface area (Å²) in [5, 5.41) is 0. The molecule has 138 valence electrons. The van der Waals surface area contributed by atoms with E-state index < -0.39 is 0 Å². The minimum absolute atomic E-state index is 0.101. The smallest absolute Gasteiger partial charge is 0.306 e. The predicted molar refractivity (Wildman–Crippen MR) is 93.5 cm³/mol. The third-order valence-electron chi connectivity index (χ3n) is 5.64. The number of hydrogen-bond donors (Lipinski definition) is 0. The lowest BCUT2D eigenvalue weighted by Gasteiger charge is -2.28. The predicted octanol–water partition coefficient (Wildman–Crippen LogP) is 4.79. The van der Waals surface area contributed by atoms with Gasteiger partial charge in [-0.25, -0.2) is 0 Å².